The SMILES string of the molecule is O=C(OC1COC1)N1CCN(c2ccnc3c2C=C(c2ccc(C4(O)CCCC4)cc2)C3)CC1. The fraction of sp³-hybridized carbons (Fsp3) is 0.481. The van der Waals surface area contributed by atoms with Crippen molar-refractivity contribution >= 4 is 23.4 Å². The molecule has 1 aromatic carbocycles. The fourth-order valence-electron chi connectivity index (χ4n) is 5.54. The standard InChI is InChI=1S/C27H31N3O4/c31-26(34-22-17-33-18-22)30-13-11-29(12-14-30)25-7-10-28-24-16-20(15-23(24)25)19-3-5-21(6-4-19)27(32)8-1-2-9-27/h3-7,10,15,22,32H,1-2,8-9,11-14,16-18H2. The van der Waals surface area contributed by atoms with E-state index in [1.807, 2.05) is 6.20 Å². The van der Waals surface area contributed by atoms with Crippen LogP contribution in [-0.2, 0) is 21.5 Å². The van der Waals surface area contributed by atoms with Crippen LogP contribution in [0.2, 0.25) is 0 Å². The molecule has 0 spiro atoms. The Kier molecular flexibility index (Phi) is 5.54. The average molecular weight is 462 g/mol. The van der Waals surface area contributed by atoms with E-state index in [0.717, 1.165) is 56.5 Å². The Bertz CT molecular complexity index is 1100. The molecule has 3 fully saturated rings. The maximum absolute atomic E-state index is 12.4. The molecule has 1 aromatic heterocycles. The molecule has 2 aromatic rings. The molecule has 0 bridgehead atoms. The molecule has 1 amide bonds. The first kappa shape index (κ1) is 21.6. The molecule has 6 rings (SSSR count). The lowest BCUT2D eigenvalue weighted by Gasteiger charge is -2.37. The van der Waals surface area contributed by atoms with E-state index < -0.39 is 5.60 Å². The highest BCUT2D eigenvalue weighted by atomic mass is 16.6. The van der Waals surface area contributed by atoms with Gasteiger partial charge in [0.05, 0.1) is 24.5 Å². The van der Waals surface area contributed by atoms with E-state index in [9.17, 15) is 9.90 Å². The van der Waals surface area contributed by atoms with Gasteiger partial charge in [0.1, 0.15) is 0 Å². The van der Waals surface area contributed by atoms with Crippen molar-refractivity contribution in [1.82, 2.24) is 9.88 Å². The zero-order valence-corrected chi connectivity index (χ0v) is 19.4. The topological polar surface area (TPSA) is 75.1 Å². The second kappa shape index (κ2) is 8.71. The zero-order valence-electron chi connectivity index (χ0n) is 19.4. The summed E-state index contributed by atoms with van der Waals surface area (Å²) in [7, 11) is 0. The summed E-state index contributed by atoms with van der Waals surface area (Å²) in [6.45, 7) is 3.83. The molecule has 3 heterocycles. The third kappa shape index (κ3) is 3.97. The number of hydrogen-bond donors (Lipinski definition) is 1. The van der Waals surface area contributed by atoms with Crippen LogP contribution in [0.1, 0.15) is 48.1 Å². The molecule has 4 aliphatic rings. The molecule has 2 aliphatic heterocycles. The van der Waals surface area contributed by atoms with Crippen molar-refractivity contribution in [3.8, 4) is 0 Å². The number of benzene rings is 1. The van der Waals surface area contributed by atoms with Gasteiger partial charge in [-0.2, -0.15) is 0 Å². The van der Waals surface area contributed by atoms with Crippen LogP contribution in [0.3, 0.4) is 0 Å². The number of hydrogen-bond acceptors (Lipinski definition) is 6. The van der Waals surface area contributed by atoms with Gasteiger partial charge in [0.25, 0.3) is 0 Å². The van der Waals surface area contributed by atoms with Gasteiger partial charge in [-0.3, -0.25) is 4.98 Å². The van der Waals surface area contributed by atoms with E-state index in [1.165, 1.54) is 22.4 Å². The lowest BCUT2D eigenvalue weighted by Crippen LogP contribution is -2.51. The van der Waals surface area contributed by atoms with Gasteiger partial charge in [0.2, 0.25) is 0 Å². The van der Waals surface area contributed by atoms with Gasteiger partial charge in [0.15, 0.2) is 6.10 Å². The number of pyridine rings is 1. The van der Waals surface area contributed by atoms with Crippen LogP contribution in [0, 0.1) is 0 Å². The van der Waals surface area contributed by atoms with E-state index in [4.69, 9.17) is 9.47 Å². The minimum absolute atomic E-state index is 0.0901. The number of nitrogens with zero attached hydrogens (tertiary/aromatic N) is 3. The highest BCUT2D eigenvalue weighted by Crippen LogP contribution is 2.40. The fourth-order valence-corrected chi connectivity index (χ4v) is 5.54. The molecule has 1 saturated carbocycles. The van der Waals surface area contributed by atoms with Crippen molar-refractivity contribution < 1.29 is 19.4 Å². The van der Waals surface area contributed by atoms with Crippen molar-refractivity contribution in [3.05, 3.63) is 58.9 Å². The van der Waals surface area contributed by atoms with Gasteiger partial charge in [0, 0.05) is 50.0 Å². The first-order chi connectivity index (χ1) is 16.6. The Morgan fingerprint density at radius 2 is 1.79 bits per heavy atom. The smallest absolute Gasteiger partial charge is 0.410 e. The van der Waals surface area contributed by atoms with E-state index in [0.29, 0.717) is 26.3 Å². The number of aromatic nitrogens is 1. The summed E-state index contributed by atoms with van der Waals surface area (Å²) in [5.41, 5.74) is 6.27. The summed E-state index contributed by atoms with van der Waals surface area (Å²) in [6.07, 6.45) is 8.53. The zero-order chi connectivity index (χ0) is 23.1. The summed E-state index contributed by atoms with van der Waals surface area (Å²) in [5.74, 6) is 0. The first-order valence-electron chi connectivity index (χ1n) is 12.4. The average Bonchev–Trinajstić information content (AvgIpc) is 3.48. The number of piperazine rings is 1. The summed E-state index contributed by atoms with van der Waals surface area (Å²) >= 11 is 0. The lowest BCUT2D eigenvalue weighted by molar-refractivity contribution is -0.104. The van der Waals surface area contributed by atoms with Crippen molar-refractivity contribution in [2.45, 2.75) is 43.8 Å². The molecule has 2 saturated heterocycles. The van der Waals surface area contributed by atoms with Crippen molar-refractivity contribution in [3.63, 3.8) is 0 Å². The Labute approximate surface area is 200 Å². The second-order valence-electron chi connectivity index (χ2n) is 9.87. The van der Waals surface area contributed by atoms with Gasteiger partial charge in [-0.05, 0) is 41.7 Å². The molecule has 0 atom stereocenters. The predicted molar refractivity (Wildman–Crippen MR) is 129 cm³/mol. The Morgan fingerprint density at radius 3 is 2.47 bits per heavy atom. The summed E-state index contributed by atoms with van der Waals surface area (Å²) in [5, 5.41) is 10.9. The summed E-state index contributed by atoms with van der Waals surface area (Å²) in [4.78, 5) is 21.1. The number of carbonyl (C=O) groups is 1. The van der Waals surface area contributed by atoms with Crippen LogP contribution in [0.25, 0.3) is 11.6 Å². The molecule has 7 heteroatoms. The van der Waals surface area contributed by atoms with E-state index in [1.54, 1.807) is 4.90 Å². The third-order valence-electron chi connectivity index (χ3n) is 7.70. The second-order valence-corrected chi connectivity index (χ2v) is 9.87. The van der Waals surface area contributed by atoms with Crippen molar-refractivity contribution in [2.24, 2.45) is 0 Å². The van der Waals surface area contributed by atoms with Crippen LogP contribution in [-0.4, -0.2) is 66.6 Å². The highest BCUT2D eigenvalue weighted by Gasteiger charge is 2.33. The van der Waals surface area contributed by atoms with E-state index >= 15 is 0 Å². The molecule has 1 N–H and O–H groups in total. The lowest BCUT2D eigenvalue weighted by atomic mass is 9.90. The number of anilines is 1. The normalized spacial score (nSPS) is 21.7. The molecule has 7 nitrogen and oxygen atoms in total. The van der Waals surface area contributed by atoms with Gasteiger partial charge in [-0.15, -0.1) is 0 Å². The maximum Gasteiger partial charge on any atom is 0.410 e. The van der Waals surface area contributed by atoms with Crippen molar-refractivity contribution in [1.29, 1.82) is 0 Å². The maximum atomic E-state index is 12.4. The van der Waals surface area contributed by atoms with Gasteiger partial charge in [-0.25, -0.2) is 4.79 Å². The third-order valence-corrected chi connectivity index (χ3v) is 7.70. The summed E-state index contributed by atoms with van der Waals surface area (Å²) < 4.78 is 10.5. The quantitative estimate of drug-likeness (QED) is 0.750. The number of rotatable bonds is 4. The number of carbonyl (C=O) groups excluding carboxylic acids is 1. The van der Waals surface area contributed by atoms with Crippen molar-refractivity contribution in [2.75, 3.05) is 44.3 Å². The molecular weight excluding hydrogens is 430 g/mol. The molecule has 0 unspecified atom stereocenters. The van der Waals surface area contributed by atoms with Crippen LogP contribution >= 0.6 is 0 Å². The van der Waals surface area contributed by atoms with Crippen LogP contribution in [0.5, 0.6) is 0 Å². The summed E-state index contributed by atoms with van der Waals surface area (Å²) in [6, 6.07) is 10.5. The Morgan fingerprint density at radius 1 is 1.06 bits per heavy atom. The molecule has 2 aliphatic carbocycles. The van der Waals surface area contributed by atoms with Crippen LogP contribution in [0.4, 0.5) is 10.5 Å². The Hall–Kier alpha value is -2.90. The number of allylic oxidation sites excluding steroid dienone is 1. The molecule has 178 valence electrons. The van der Waals surface area contributed by atoms with E-state index in [-0.39, 0.29) is 12.2 Å². The largest absolute Gasteiger partial charge is 0.441 e. The minimum atomic E-state index is -0.652. The highest BCUT2D eigenvalue weighted by molar-refractivity contribution is 5.92. The van der Waals surface area contributed by atoms with E-state index in [2.05, 4.69) is 46.3 Å². The molecular formula is C27H31N3O4. The monoisotopic (exact) mass is 461 g/mol. The van der Waals surface area contributed by atoms with Crippen LogP contribution < -0.4 is 4.90 Å². The van der Waals surface area contributed by atoms with Gasteiger partial charge >= 0.3 is 6.09 Å². The first-order valence-corrected chi connectivity index (χ1v) is 12.4. The van der Waals surface area contributed by atoms with Gasteiger partial charge in [-0.1, -0.05) is 37.1 Å². The number of aliphatic hydroxyl groups is 1. The number of ether oxygens (including phenoxy) is 2. The minimum Gasteiger partial charge on any atom is -0.441 e. The predicted octanol–water partition coefficient (Wildman–Crippen LogP) is 3.60. The van der Waals surface area contributed by atoms with Crippen LogP contribution in [0.15, 0.2) is 36.5 Å². The molecule has 34 heavy (non-hydrogen) atoms. The van der Waals surface area contributed by atoms with Gasteiger partial charge < -0.3 is 24.4 Å². The Balaban J connectivity index is 1.15. The number of amides is 1. The molecule has 0 radical (unpaired) electrons. The number of fused-ring (bicyclic) bond motifs is 1.